The van der Waals surface area contributed by atoms with Gasteiger partial charge in [0.1, 0.15) is 5.75 Å². The molecule has 0 spiro atoms. The maximum absolute atomic E-state index is 11.3. The van der Waals surface area contributed by atoms with Gasteiger partial charge in [-0.25, -0.2) is 0 Å². The molecular weight excluding hydrogens is 192 g/mol. The van der Waals surface area contributed by atoms with Gasteiger partial charge in [0.05, 0.1) is 12.4 Å². The molecule has 0 aliphatic heterocycles. The van der Waals surface area contributed by atoms with Crippen LogP contribution >= 0.6 is 0 Å². The topological polar surface area (TPSA) is 46.5 Å². The van der Waals surface area contributed by atoms with E-state index in [2.05, 4.69) is 0 Å². The van der Waals surface area contributed by atoms with Crippen molar-refractivity contribution in [2.75, 3.05) is 0 Å². The molecule has 80 valence electrons. The molecule has 0 saturated carbocycles. The lowest BCUT2D eigenvalue weighted by molar-refractivity contribution is 0.104. The van der Waals surface area contributed by atoms with E-state index >= 15 is 0 Å². The van der Waals surface area contributed by atoms with Crippen molar-refractivity contribution in [3.8, 4) is 5.75 Å². The summed E-state index contributed by atoms with van der Waals surface area (Å²) >= 11 is 0. The summed E-state index contributed by atoms with van der Waals surface area (Å²) in [5.41, 5.74) is 0.524. The SMILES string of the molecule is CC(C)Oc1ccc(C(=O)C=CO)cc1. The van der Waals surface area contributed by atoms with E-state index in [0.29, 0.717) is 5.56 Å². The molecule has 3 nitrogen and oxygen atoms in total. The van der Waals surface area contributed by atoms with E-state index in [4.69, 9.17) is 9.84 Å². The number of aliphatic hydroxyl groups is 1. The minimum Gasteiger partial charge on any atom is -0.515 e. The van der Waals surface area contributed by atoms with Crippen LogP contribution in [-0.4, -0.2) is 17.0 Å². The first-order chi connectivity index (χ1) is 7.13. The summed E-state index contributed by atoms with van der Waals surface area (Å²) in [5, 5.41) is 8.45. The minimum absolute atomic E-state index is 0.115. The molecule has 0 heterocycles. The van der Waals surface area contributed by atoms with E-state index in [1.807, 2.05) is 13.8 Å². The second kappa shape index (κ2) is 5.20. The van der Waals surface area contributed by atoms with Gasteiger partial charge in [0, 0.05) is 11.6 Å². The van der Waals surface area contributed by atoms with Crippen molar-refractivity contribution in [3.05, 3.63) is 42.2 Å². The Kier molecular flexibility index (Phi) is 3.92. The summed E-state index contributed by atoms with van der Waals surface area (Å²) in [6.07, 6.45) is 1.96. The standard InChI is InChI=1S/C12H14O3/c1-9(2)15-11-5-3-10(4-6-11)12(14)7-8-13/h3-9,13H,1-2H3. The fourth-order valence-corrected chi connectivity index (χ4v) is 1.13. The minimum atomic E-state index is -0.228. The van der Waals surface area contributed by atoms with E-state index in [0.717, 1.165) is 18.1 Å². The predicted molar refractivity (Wildman–Crippen MR) is 58.3 cm³/mol. The first kappa shape index (κ1) is 11.3. The summed E-state index contributed by atoms with van der Waals surface area (Å²) in [7, 11) is 0. The molecule has 0 unspecified atom stereocenters. The zero-order chi connectivity index (χ0) is 11.3. The van der Waals surface area contributed by atoms with Crippen molar-refractivity contribution in [1.29, 1.82) is 0 Å². The molecule has 0 radical (unpaired) electrons. The Morgan fingerprint density at radius 2 is 1.93 bits per heavy atom. The Hall–Kier alpha value is -1.77. The lowest BCUT2D eigenvalue weighted by Gasteiger charge is -2.09. The molecule has 0 atom stereocenters. The average molecular weight is 206 g/mol. The quantitative estimate of drug-likeness (QED) is 0.468. The summed E-state index contributed by atoms with van der Waals surface area (Å²) < 4.78 is 5.43. The first-order valence-corrected chi connectivity index (χ1v) is 4.75. The zero-order valence-electron chi connectivity index (χ0n) is 8.81. The van der Waals surface area contributed by atoms with E-state index in [1.165, 1.54) is 0 Å². The van der Waals surface area contributed by atoms with E-state index in [-0.39, 0.29) is 11.9 Å². The molecule has 0 bridgehead atoms. The zero-order valence-corrected chi connectivity index (χ0v) is 8.81. The number of hydrogen-bond donors (Lipinski definition) is 1. The highest BCUT2D eigenvalue weighted by Crippen LogP contribution is 2.14. The first-order valence-electron chi connectivity index (χ1n) is 4.75. The van der Waals surface area contributed by atoms with Crippen molar-refractivity contribution in [1.82, 2.24) is 0 Å². The fraction of sp³-hybridized carbons (Fsp3) is 0.250. The predicted octanol–water partition coefficient (Wildman–Crippen LogP) is 2.73. The maximum Gasteiger partial charge on any atom is 0.188 e. The number of allylic oxidation sites excluding steroid dienone is 1. The number of hydrogen-bond acceptors (Lipinski definition) is 3. The van der Waals surface area contributed by atoms with E-state index in [1.54, 1.807) is 24.3 Å². The molecule has 0 aliphatic rings. The molecule has 0 fully saturated rings. The van der Waals surface area contributed by atoms with Crippen molar-refractivity contribution < 1.29 is 14.6 Å². The smallest absolute Gasteiger partial charge is 0.188 e. The molecule has 1 aromatic carbocycles. The third kappa shape index (κ3) is 3.46. The molecular formula is C12H14O3. The lowest BCUT2D eigenvalue weighted by atomic mass is 10.1. The Morgan fingerprint density at radius 3 is 2.40 bits per heavy atom. The number of ether oxygens (including phenoxy) is 1. The molecule has 0 aromatic heterocycles. The van der Waals surface area contributed by atoms with Crippen molar-refractivity contribution >= 4 is 5.78 Å². The molecule has 1 rings (SSSR count). The van der Waals surface area contributed by atoms with Gasteiger partial charge in [0.15, 0.2) is 5.78 Å². The molecule has 0 aliphatic carbocycles. The van der Waals surface area contributed by atoms with Gasteiger partial charge in [-0.2, -0.15) is 0 Å². The average Bonchev–Trinajstić information content (AvgIpc) is 2.18. The second-order valence-electron chi connectivity index (χ2n) is 3.37. The van der Waals surface area contributed by atoms with Gasteiger partial charge in [0.25, 0.3) is 0 Å². The number of aliphatic hydroxyl groups excluding tert-OH is 1. The van der Waals surface area contributed by atoms with Crippen LogP contribution in [0.4, 0.5) is 0 Å². The summed E-state index contributed by atoms with van der Waals surface area (Å²) in [6.45, 7) is 3.88. The van der Waals surface area contributed by atoms with Crippen molar-refractivity contribution in [2.45, 2.75) is 20.0 Å². The third-order valence-electron chi connectivity index (χ3n) is 1.74. The Morgan fingerprint density at radius 1 is 1.33 bits per heavy atom. The fourth-order valence-electron chi connectivity index (χ4n) is 1.13. The molecule has 15 heavy (non-hydrogen) atoms. The van der Waals surface area contributed by atoms with Gasteiger partial charge in [-0.05, 0) is 38.1 Å². The summed E-state index contributed by atoms with van der Waals surface area (Å²) in [4.78, 5) is 11.3. The van der Waals surface area contributed by atoms with Crippen LogP contribution in [0, 0.1) is 0 Å². The van der Waals surface area contributed by atoms with Crippen LogP contribution in [0.5, 0.6) is 5.75 Å². The highest BCUT2D eigenvalue weighted by atomic mass is 16.5. The second-order valence-corrected chi connectivity index (χ2v) is 3.37. The summed E-state index contributed by atoms with van der Waals surface area (Å²) in [6, 6.07) is 6.80. The van der Waals surface area contributed by atoms with Crippen LogP contribution in [0.1, 0.15) is 24.2 Å². The third-order valence-corrected chi connectivity index (χ3v) is 1.74. The van der Waals surface area contributed by atoms with Gasteiger partial charge < -0.3 is 9.84 Å². The van der Waals surface area contributed by atoms with Crippen molar-refractivity contribution in [3.63, 3.8) is 0 Å². The van der Waals surface area contributed by atoms with Gasteiger partial charge in [-0.3, -0.25) is 4.79 Å². The van der Waals surface area contributed by atoms with Crippen molar-refractivity contribution in [2.24, 2.45) is 0 Å². The summed E-state index contributed by atoms with van der Waals surface area (Å²) in [5.74, 6) is 0.503. The molecule has 1 N–H and O–H groups in total. The Bertz CT molecular complexity index is 350. The van der Waals surface area contributed by atoms with Crippen LogP contribution in [0.15, 0.2) is 36.6 Å². The van der Waals surface area contributed by atoms with Gasteiger partial charge in [-0.15, -0.1) is 0 Å². The van der Waals surface area contributed by atoms with Crippen LogP contribution < -0.4 is 4.74 Å². The highest BCUT2D eigenvalue weighted by Gasteiger charge is 2.02. The molecule has 0 amide bonds. The largest absolute Gasteiger partial charge is 0.515 e. The Labute approximate surface area is 89.0 Å². The van der Waals surface area contributed by atoms with Gasteiger partial charge >= 0.3 is 0 Å². The molecule has 3 heteroatoms. The van der Waals surface area contributed by atoms with Crippen LogP contribution in [0.2, 0.25) is 0 Å². The Balaban J connectivity index is 2.76. The number of ketones is 1. The molecule has 0 saturated heterocycles. The van der Waals surface area contributed by atoms with Gasteiger partial charge in [-0.1, -0.05) is 0 Å². The number of carbonyl (C=O) groups is 1. The maximum atomic E-state index is 11.3. The van der Waals surface area contributed by atoms with Crippen LogP contribution in [0.25, 0.3) is 0 Å². The molecule has 1 aromatic rings. The van der Waals surface area contributed by atoms with Gasteiger partial charge in [0.2, 0.25) is 0 Å². The van der Waals surface area contributed by atoms with E-state index < -0.39 is 0 Å². The van der Waals surface area contributed by atoms with Crippen LogP contribution in [-0.2, 0) is 0 Å². The normalized spacial score (nSPS) is 10.9. The number of rotatable bonds is 4. The van der Waals surface area contributed by atoms with Crippen LogP contribution in [0.3, 0.4) is 0 Å². The monoisotopic (exact) mass is 206 g/mol. The van der Waals surface area contributed by atoms with E-state index in [9.17, 15) is 4.79 Å². The number of benzene rings is 1. The number of carbonyl (C=O) groups excluding carboxylic acids is 1. The highest BCUT2D eigenvalue weighted by molar-refractivity contribution is 6.04. The lowest BCUT2D eigenvalue weighted by Crippen LogP contribution is -2.05.